The van der Waals surface area contributed by atoms with Gasteiger partial charge in [-0.05, 0) is 49.4 Å². The Bertz CT molecular complexity index is 985. The molecule has 1 heterocycles. The highest BCUT2D eigenvalue weighted by Gasteiger charge is 2.38. The molecular weight excluding hydrogens is 346 g/mol. The van der Waals surface area contributed by atoms with Gasteiger partial charge < -0.3 is 0 Å². The molecule has 0 saturated heterocycles. The van der Waals surface area contributed by atoms with Crippen molar-refractivity contribution in [2.75, 3.05) is 4.90 Å². The lowest BCUT2D eigenvalue weighted by molar-refractivity contribution is -0.120. The Balaban J connectivity index is 1.78. The number of benzene rings is 2. The predicted octanol–water partition coefficient (Wildman–Crippen LogP) is 5.38. The molecule has 3 heteroatoms. The summed E-state index contributed by atoms with van der Waals surface area (Å²) >= 11 is 0. The second-order valence-corrected chi connectivity index (χ2v) is 7.74. The Hall–Kier alpha value is -2.94. The van der Waals surface area contributed by atoms with Gasteiger partial charge in [-0.15, -0.1) is 0 Å². The van der Waals surface area contributed by atoms with Crippen molar-refractivity contribution in [2.24, 2.45) is 5.92 Å². The fourth-order valence-corrected chi connectivity index (χ4v) is 4.23. The monoisotopic (exact) mass is 371 g/mol. The molecule has 1 amide bonds. The molecule has 0 N–H and O–H groups in total. The van der Waals surface area contributed by atoms with Crippen LogP contribution in [0.1, 0.15) is 42.4 Å². The average molecular weight is 371 g/mol. The van der Waals surface area contributed by atoms with Gasteiger partial charge >= 0.3 is 0 Å². The van der Waals surface area contributed by atoms with Crippen LogP contribution in [0.2, 0.25) is 0 Å². The molecular formula is C25H25NO2. The third kappa shape index (κ3) is 3.45. The first-order valence-electron chi connectivity index (χ1n) is 9.94. The molecule has 0 radical (unpaired) electrons. The number of nitrogens with zero attached hydrogens (tertiary/aromatic N) is 1. The predicted molar refractivity (Wildman–Crippen MR) is 113 cm³/mol. The highest BCUT2D eigenvalue weighted by atomic mass is 16.2. The van der Waals surface area contributed by atoms with Crippen molar-refractivity contribution < 1.29 is 9.59 Å². The SMILES string of the molecule is Cc1ccc(C)c(N2C(=O)CC(/C=C/c3ccccc3)C3=C2CCCC3=O)c1. The van der Waals surface area contributed by atoms with Gasteiger partial charge in [-0.3, -0.25) is 14.5 Å². The number of allylic oxidation sites excluding steroid dienone is 3. The Labute approximate surface area is 166 Å². The van der Waals surface area contributed by atoms with E-state index in [4.69, 9.17) is 0 Å². The van der Waals surface area contributed by atoms with Crippen LogP contribution in [-0.4, -0.2) is 11.7 Å². The Morgan fingerprint density at radius 2 is 1.79 bits per heavy atom. The molecule has 2 aliphatic rings. The molecule has 142 valence electrons. The van der Waals surface area contributed by atoms with Crippen LogP contribution in [0, 0.1) is 19.8 Å². The first-order valence-corrected chi connectivity index (χ1v) is 9.94. The van der Waals surface area contributed by atoms with Gasteiger partial charge in [-0.1, -0.05) is 54.6 Å². The van der Waals surface area contributed by atoms with Crippen molar-refractivity contribution in [3.8, 4) is 0 Å². The lowest BCUT2D eigenvalue weighted by Gasteiger charge is -2.38. The summed E-state index contributed by atoms with van der Waals surface area (Å²) < 4.78 is 0. The highest BCUT2D eigenvalue weighted by Crippen LogP contribution is 2.40. The summed E-state index contributed by atoms with van der Waals surface area (Å²) in [5.74, 6) is 0.119. The molecule has 1 aliphatic heterocycles. The molecule has 0 spiro atoms. The second-order valence-electron chi connectivity index (χ2n) is 7.74. The number of anilines is 1. The van der Waals surface area contributed by atoms with E-state index in [-0.39, 0.29) is 17.6 Å². The lowest BCUT2D eigenvalue weighted by Crippen LogP contribution is -2.41. The van der Waals surface area contributed by atoms with Crippen molar-refractivity contribution >= 4 is 23.5 Å². The summed E-state index contributed by atoms with van der Waals surface area (Å²) in [6.45, 7) is 4.05. The van der Waals surface area contributed by atoms with Crippen LogP contribution in [0.3, 0.4) is 0 Å². The summed E-state index contributed by atoms with van der Waals surface area (Å²) in [6, 6.07) is 16.2. The summed E-state index contributed by atoms with van der Waals surface area (Å²) in [5.41, 5.74) is 5.91. The van der Waals surface area contributed by atoms with E-state index in [2.05, 4.69) is 12.1 Å². The van der Waals surface area contributed by atoms with Gasteiger partial charge in [0.05, 0.1) is 5.69 Å². The molecule has 0 bridgehead atoms. The first kappa shape index (κ1) is 18.4. The van der Waals surface area contributed by atoms with Crippen molar-refractivity contribution in [1.82, 2.24) is 0 Å². The molecule has 1 aliphatic carbocycles. The van der Waals surface area contributed by atoms with Crippen LogP contribution in [0.15, 0.2) is 65.9 Å². The van der Waals surface area contributed by atoms with Gasteiger partial charge in [0.1, 0.15) is 0 Å². The van der Waals surface area contributed by atoms with Crippen LogP contribution >= 0.6 is 0 Å². The zero-order chi connectivity index (χ0) is 19.7. The Morgan fingerprint density at radius 1 is 1.00 bits per heavy atom. The fourth-order valence-electron chi connectivity index (χ4n) is 4.23. The second kappa shape index (κ2) is 7.59. The third-order valence-electron chi connectivity index (χ3n) is 5.64. The normalized spacial score (nSPS) is 20.1. The van der Waals surface area contributed by atoms with Gasteiger partial charge in [0, 0.05) is 30.0 Å². The van der Waals surface area contributed by atoms with E-state index in [1.807, 2.05) is 67.3 Å². The summed E-state index contributed by atoms with van der Waals surface area (Å²) in [6.07, 6.45) is 6.55. The quantitative estimate of drug-likeness (QED) is 0.727. The largest absolute Gasteiger partial charge is 0.294 e. The molecule has 2 aromatic rings. The van der Waals surface area contributed by atoms with Crippen LogP contribution in [-0.2, 0) is 9.59 Å². The maximum Gasteiger partial charge on any atom is 0.232 e. The number of amides is 1. The van der Waals surface area contributed by atoms with Crippen LogP contribution in [0.25, 0.3) is 6.08 Å². The van der Waals surface area contributed by atoms with E-state index < -0.39 is 0 Å². The molecule has 28 heavy (non-hydrogen) atoms. The maximum absolute atomic E-state index is 13.2. The number of Topliss-reactive ketones (excluding diaryl/α,β-unsaturated/α-hetero) is 1. The average Bonchev–Trinajstić information content (AvgIpc) is 2.69. The maximum atomic E-state index is 13.2. The summed E-state index contributed by atoms with van der Waals surface area (Å²) in [4.78, 5) is 27.9. The van der Waals surface area contributed by atoms with E-state index >= 15 is 0 Å². The molecule has 3 nitrogen and oxygen atoms in total. The molecule has 2 aromatic carbocycles. The molecule has 0 saturated carbocycles. The molecule has 0 fully saturated rings. The number of hydrogen-bond acceptors (Lipinski definition) is 2. The van der Waals surface area contributed by atoms with Crippen LogP contribution in [0.5, 0.6) is 0 Å². The highest BCUT2D eigenvalue weighted by molar-refractivity contribution is 6.07. The number of ketones is 1. The van der Waals surface area contributed by atoms with Gasteiger partial charge in [0.15, 0.2) is 5.78 Å². The van der Waals surface area contributed by atoms with Gasteiger partial charge in [-0.25, -0.2) is 0 Å². The third-order valence-corrected chi connectivity index (χ3v) is 5.64. The number of carbonyl (C=O) groups excluding carboxylic acids is 2. The zero-order valence-electron chi connectivity index (χ0n) is 16.4. The first-order chi connectivity index (χ1) is 13.5. The van der Waals surface area contributed by atoms with Gasteiger partial charge in [-0.2, -0.15) is 0 Å². The van der Waals surface area contributed by atoms with E-state index in [0.29, 0.717) is 12.8 Å². The van der Waals surface area contributed by atoms with E-state index in [9.17, 15) is 9.59 Å². The smallest absolute Gasteiger partial charge is 0.232 e. The summed E-state index contributed by atoms with van der Waals surface area (Å²) in [7, 11) is 0. The van der Waals surface area contributed by atoms with Crippen LogP contribution < -0.4 is 4.90 Å². The van der Waals surface area contributed by atoms with Gasteiger partial charge in [0.25, 0.3) is 0 Å². The number of hydrogen-bond donors (Lipinski definition) is 0. The van der Waals surface area contributed by atoms with E-state index in [0.717, 1.165) is 46.5 Å². The summed E-state index contributed by atoms with van der Waals surface area (Å²) in [5, 5.41) is 0. The number of carbonyl (C=O) groups is 2. The van der Waals surface area contributed by atoms with Crippen molar-refractivity contribution in [1.29, 1.82) is 0 Å². The Morgan fingerprint density at radius 3 is 2.57 bits per heavy atom. The topological polar surface area (TPSA) is 37.4 Å². The van der Waals surface area contributed by atoms with Crippen molar-refractivity contribution in [2.45, 2.75) is 39.5 Å². The Kier molecular flexibility index (Phi) is 4.99. The minimum atomic E-state index is -0.142. The lowest BCUT2D eigenvalue weighted by atomic mass is 9.80. The van der Waals surface area contributed by atoms with E-state index in [1.165, 1.54) is 0 Å². The van der Waals surface area contributed by atoms with Crippen molar-refractivity contribution in [3.63, 3.8) is 0 Å². The van der Waals surface area contributed by atoms with Crippen LogP contribution in [0.4, 0.5) is 5.69 Å². The molecule has 1 unspecified atom stereocenters. The molecule has 4 rings (SSSR count). The van der Waals surface area contributed by atoms with Crippen molar-refractivity contribution in [3.05, 3.63) is 82.6 Å². The minimum Gasteiger partial charge on any atom is -0.294 e. The molecule has 0 aromatic heterocycles. The van der Waals surface area contributed by atoms with Gasteiger partial charge in [0.2, 0.25) is 5.91 Å². The molecule has 1 atom stereocenters. The number of aryl methyl sites for hydroxylation is 2. The number of rotatable bonds is 3. The minimum absolute atomic E-state index is 0.0739. The van der Waals surface area contributed by atoms with E-state index in [1.54, 1.807) is 0 Å². The fraction of sp³-hybridized carbons (Fsp3) is 0.280. The zero-order valence-corrected chi connectivity index (χ0v) is 16.4. The standard InChI is InChI=1S/C25H25NO2/c1-17-11-12-18(2)22(15-17)26-21-9-6-10-23(27)25(21)20(16-24(26)28)14-13-19-7-4-3-5-8-19/h3-5,7-8,11-15,20H,6,9-10,16H2,1-2H3/b14-13+.